The highest BCUT2D eigenvalue weighted by atomic mass is 19.3. The van der Waals surface area contributed by atoms with E-state index >= 15 is 0 Å². The van der Waals surface area contributed by atoms with E-state index in [9.17, 15) is 13.6 Å². The van der Waals surface area contributed by atoms with E-state index in [0.29, 0.717) is 32.7 Å². The van der Waals surface area contributed by atoms with Crippen molar-refractivity contribution in [1.82, 2.24) is 15.1 Å². The summed E-state index contributed by atoms with van der Waals surface area (Å²) >= 11 is 0. The van der Waals surface area contributed by atoms with Crippen LogP contribution in [-0.4, -0.2) is 66.3 Å². The number of hydrogen-bond donors (Lipinski definition) is 1. The average Bonchev–Trinajstić information content (AvgIpc) is 3.00. The van der Waals surface area contributed by atoms with E-state index in [0.717, 1.165) is 11.5 Å². The number of fused-ring (bicyclic) bond motifs is 1. The maximum absolute atomic E-state index is 12.3. The summed E-state index contributed by atoms with van der Waals surface area (Å²) < 4.78 is 34.6. The Hall–Kier alpha value is -2.58. The van der Waals surface area contributed by atoms with E-state index in [2.05, 4.69) is 19.9 Å². The largest absolute Gasteiger partial charge is 0.444 e. The second kappa shape index (κ2) is 8.20. The van der Waals surface area contributed by atoms with Crippen molar-refractivity contribution < 1.29 is 23.0 Å². The number of alkyl halides is 2. The van der Waals surface area contributed by atoms with Gasteiger partial charge in [-0.25, -0.2) is 4.79 Å². The van der Waals surface area contributed by atoms with Crippen molar-refractivity contribution in [2.45, 2.75) is 45.6 Å². The molecular weight excluding hydrogens is 370 g/mol. The molecule has 2 aliphatic rings. The summed E-state index contributed by atoms with van der Waals surface area (Å²) in [6, 6.07) is 6.69. The highest BCUT2D eigenvalue weighted by molar-refractivity contribution is 5.82. The van der Waals surface area contributed by atoms with Crippen molar-refractivity contribution in [2.75, 3.05) is 26.2 Å². The van der Waals surface area contributed by atoms with Gasteiger partial charge in [-0.15, -0.1) is 0 Å². The smallest absolute Gasteiger partial charge is 0.410 e. The maximum Gasteiger partial charge on any atom is 0.410 e. The summed E-state index contributed by atoms with van der Waals surface area (Å²) in [6.07, 6.45) is -0.301. The summed E-state index contributed by atoms with van der Waals surface area (Å²) in [6.45, 7) is 5.52. The summed E-state index contributed by atoms with van der Waals surface area (Å²) in [5, 5.41) is 3.26. The Morgan fingerprint density at radius 1 is 1.36 bits per heavy atom. The fraction of sp³-hybridized carbons (Fsp3) is 0.579. The van der Waals surface area contributed by atoms with E-state index in [1.165, 1.54) is 6.07 Å². The third-order valence-corrected chi connectivity index (χ3v) is 4.43. The summed E-state index contributed by atoms with van der Waals surface area (Å²) in [4.78, 5) is 20.7. The number of hydrogen-bond acceptors (Lipinski definition) is 6. The van der Waals surface area contributed by atoms with E-state index in [-0.39, 0.29) is 17.9 Å². The summed E-state index contributed by atoms with van der Waals surface area (Å²) in [5.74, 6) is 0.889. The second-order valence-electron chi connectivity index (χ2n) is 7.82. The molecular formula is C19H26F2N4O3. The molecule has 0 aliphatic carbocycles. The highest BCUT2D eigenvalue weighted by Crippen LogP contribution is 2.20. The van der Waals surface area contributed by atoms with Crippen LogP contribution in [0.1, 0.15) is 26.3 Å². The molecule has 0 saturated carbocycles. The number of halogens is 2. The number of benzene rings is 1. The topological polar surface area (TPSA) is 66.4 Å². The molecule has 0 radical (unpaired) electrons. The fourth-order valence-electron chi connectivity index (χ4n) is 3.24. The van der Waals surface area contributed by atoms with Crippen molar-refractivity contribution in [2.24, 2.45) is 4.99 Å². The first kappa shape index (κ1) is 20.2. The number of guanidine groups is 1. The molecule has 0 aromatic heterocycles. The number of nitrogens with one attached hydrogen (secondary N) is 1. The van der Waals surface area contributed by atoms with Crippen LogP contribution in [0.15, 0.2) is 29.3 Å². The lowest BCUT2D eigenvalue weighted by atomic mass is 10.2. The van der Waals surface area contributed by atoms with E-state index in [4.69, 9.17) is 4.74 Å². The molecule has 1 N–H and O–H groups in total. The minimum Gasteiger partial charge on any atom is -0.444 e. The molecule has 1 amide bonds. The van der Waals surface area contributed by atoms with Gasteiger partial charge in [-0.3, -0.25) is 4.99 Å². The normalized spacial score (nSPS) is 19.4. The predicted octanol–water partition coefficient (Wildman–Crippen LogP) is 2.67. The van der Waals surface area contributed by atoms with Crippen molar-refractivity contribution >= 4 is 12.1 Å². The number of aliphatic imine (C=N–C) groups is 1. The average molecular weight is 396 g/mol. The molecule has 1 fully saturated rings. The Morgan fingerprint density at radius 2 is 2.14 bits per heavy atom. The fourth-order valence-corrected chi connectivity index (χ4v) is 3.24. The Labute approximate surface area is 163 Å². The minimum absolute atomic E-state index is 0.109. The number of carbonyl (C=O) groups excluding carboxylic acids is 1. The molecule has 1 aromatic rings. The second-order valence-corrected chi connectivity index (χ2v) is 7.82. The molecule has 9 heteroatoms. The van der Waals surface area contributed by atoms with Gasteiger partial charge in [0.2, 0.25) is 0 Å². The molecule has 1 aromatic carbocycles. The SMILES string of the molecule is CC(C)(C)OC(=O)N1CCN2C(NCc3cccc(OC(F)F)c3)=NCC2C1. The van der Waals surface area contributed by atoms with Gasteiger partial charge in [-0.2, -0.15) is 8.78 Å². The molecule has 28 heavy (non-hydrogen) atoms. The Kier molecular flexibility index (Phi) is 5.90. The summed E-state index contributed by atoms with van der Waals surface area (Å²) in [5.41, 5.74) is 0.298. The zero-order valence-corrected chi connectivity index (χ0v) is 16.3. The van der Waals surface area contributed by atoms with Crippen LogP contribution in [-0.2, 0) is 11.3 Å². The zero-order valence-electron chi connectivity index (χ0n) is 16.3. The van der Waals surface area contributed by atoms with Gasteiger partial charge in [0.15, 0.2) is 5.96 Å². The standard InChI is InChI=1S/C19H26F2N4O3/c1-19(2,3)28-18(26)24-7-8-25-14(12-24)11-23-17(25)22-10-13-5-4-6-15(9-13)27-16(20)21/h4-6,9,14,16H,7-8,10-12H2,1-3H3,(H,22,23). The van der Waals surface area contributed by atoms with Gasteiger partial charge in [0, 0.05) is 26.2 Å². The number of rotatable bonds is 4. The van der Waals surface area contributed by atoms with Gasteiger partial charge in [0.05, 0.1) is 12.6 Å². The van der Waals surface area contributed by atoms with Gasteiger partial charge in [0.25, 0.3) is 0 Å². The number of piperazine rings is 1. The number of carbonyl (C=O) groups is 1. The first-order valence-corrected chi connectivity index (χ1v) is 9.28. The highest BCUT2D eigenvalue weighted by Gasteiger charge is 2.36. The van der Waals surface area contributed by atoms with Crippen LogP contribution in [0.5, 0.6) is 5.75 Å². The van der Waals surface area contributed by atoms with Crippen molar-refractivity contribution in [3.63, 3.8) is 0 Å². The number of amides is 1. The van der Waals surface area contributed by atoms with Crippen LogP contribution < -0.4 is 10.1 Å². The van der Waals surface area contributed by atoms with Crippen molar-refractivity contribution in [3.05, 3.63) is 29.8 Å². The third kappa shape index (κ3) is 5.24. The monoisotopic (exact) mass is 396 g/mol. The van der Waals surface area contributed by atoms with Gasteiger partial charge < -0.3 is 24.6 Å². The molecule has 154 valence electrons. The van der Waals surface area contributed by atoms with Gasteiger partial charge >= 0.3 is 12.7 Å². The quantitative estimate of drug-likeness (QED) is 0.848. The van der Waals surface area contributed by atoms with Gasteiger partial charge in [-0.1, -0.05) is 12.1 Å². The van der Waals surface area contributed by atoms with Gasteiger partial charge in [-0.05, 0) is 38.5 Å². The molecule has 7 nitrogen and oxygen atoms in total. The Morgan fingerprint density at radius 3 is 2.86 bits per heavy atom. The first-order chi connectivity index (χ1) is 13.2. The lowest BCUT2D eigenvalue weighted by molar-refractivity contribution is -0.0498. The Balaban J connectivity index is 1.52. The van der Waals surface area contributed by atoms with Gasteiger partial charge in [0.1, 0.15) is 11.4 Å². The van der Waals surface area contributed by atoms with Crippen LogP contribution >= 0.6 is 0 Å². The minimum atomic E-state index is -2.84. The molecule has 2 aliphatic heterocycles. The first-order valence-electron chi connectivity index (χ1n) is 9.28. The van der Waals surface area contributed by atoms with E-state index in [1.807, 2.05) is 26.8 Å². The number of nitrogens with zero attached hydrogens (tertiary/aromatic N) is 3. The van der Waals surface area contributed by atoms with Crippen LogP contribution in [0.4, 0.5) is 13.6 Å². The molecule has 2 heterocycles. The third-order valence-electron chi connectivity index (χ3n) is 4.43. The van der Waals surface area contributed by atoms with Crippen molar-refractivity contribution in [1.29, 1.82) is 0 Å². The lowest BCUT2D eigenvalue weighted by Gasteiger charge is -2.39. The number of ether oxygens (including phenoxy) is 2. The lowest BCUT2D eigenvalue weighted by Crippen LogP contribution is -2.57. The predicted molar refractivity (Wildman–Crippen MR) is 101 cm³/mol. The van der Waals surface area contributed by atoms with Crippen molar-refractivity contribution in [3.8, 4) is 5.75 Å². The molecule has 3 rings (SSSR count). The molecule has 1 saturated heterocycles. The molecule has 0 bridgehead atoms. The van der Waals surface area contributed by atoms with Crippen LogP contribution in [0.3, 0.4) is 0 Å². The summed E-state index contributed by atoms with van der Waals surface area (Å²) in [7, 11) is 0. The van der Waals surface area contributed by atoms with E-state index < -0.39 is 12.2 Å². The maximum atomic E-state index is 12.3. The van der Waals surface area contributed by atoms with Crippen LogP contribution in [0.25, 0.3) is 0 Å². The van der Waals surface area contributed by atoms with Crippen LogP contribution in [0, 0.1) is 0 Å². The molecule has 0 spiro atoms. The zero-order chi connectivity index (χ0) is 20.3. The molecule has 1 unspecified atom stereocenters. The molecule has 1 atom stereocenters. The Bertz CT molecular complexity index is 736. The van der Waals surface area contributed by atoms with Crippen LogP contribution in [0.2, 0.25) is 0 Å². The van der Waals surface area contributed by atoms with E-state index in [1.54, 1.807) is 17.0 Å².